The summed E-state index contributed by atoms with van der Waals surface area (Å²) in [6.07, 6.45) is 1.18. The Balaban J connectivity index is 2.19. The van der Waals surface area contributed by atoms with Crippen molar-refractivity contribution in [2.45, 2.75) is 24.7 Å². The number of primary sulfonamides is 1. The number of carbonyl (C=O) groups is 1. The van der Waals surface area contributed by atoms with Crippen LogP contribution in [-0.2, 0) is 21.2 Å². The van der Waals surface area contributed by atoms with Gasteiger partial charge in [-0.15, -0.1) is 0 Å². The molecule has 0 aliphatic carbocycles. The zero-order chi connectivity index (χ0) is 15.6. The van der Waals surface area contributed by atoms with Gasteiger partial charge in [-0.05, 0) is 30.0 Å². The number of hydrogen-bond donors (Lipinski definition) is 1. The van der Waals surface area contributed by atoms with Gasteiger partial charge in [0.1, 0.15) is 10.6 Å². The topological polar surface area (TPSA) is 89.7 Å². The Hall–Kier alpha value is -1.60. The summed E-state index contributed by atoms with van der Waals surface area (Å²) in [6.45, 7) is 3.63. The first kappa shape index (κ1) is 15.8. The number of carbonyl (C=O) groups excluding carboxylic acids is 1. The van der Waals surface area contributed by atoms with Crippen LogP contribution in [0.1, 0.15) is 18.9 Å². The van der Waals surface area contributed by atoms with Gasteiger partial charge in [-0.1, -0.05) is 13.0 Å². The van der Waals surface area contributed by atoms with Crippen molar-refractivity contribution in [3.63, 3.8) is 0 Å². The van der Waals surface area contributed by atoms with Crippen molar-refractivity contribution in [3.8, 4) is 5.75 Å². The average Bonchev–Trinajstić information content (AvgIpc) is 2.84. The molecule has 1 fully saturated rings. The van der Waals surface area contributed by atoms with Gasteiger partial charge in [0.25, 0.3) is 0 Å². The molecular weight excluding hydrogens is 292 g/mol. The van der Waals surface area contributed by atoms with E-state index in [1.807, 2.05) is 4.90 Å². The highest BCUT2D eigenvalue weighted by Crippen LogP contribution is 2.24. The lowest BCUT2D eigenvalue weighted by Crippen LogP contribution is -2.29. The van der Waals surface area contributed by atoms with Gasteiger partial charge in [0.05, 0.1) is 13.5 Å². The number of sulfonamides is 1. The van der Waals surface area contributed by atoms with Crippen LogP contribution in [0.3, 0.4) is 0 Å². The van der Waals surface area contributed by atoms with Crippen LogP contribution in [0.15, 0.2) is 23.1 Å². The smallest absolute Gasteiger partial charge is 0.241 e. The first-order valence-electron chi connectivity index (χ1n) is 6.78. The van der Waals surface area contributed by atoms with Crippen molar-refractivity contribution in [1.82, 2.24) is 4.90 Å². The number of rotatable bonds is 4. The molecule has 0 aromatic heterocycles. The zero-order valence-corrected chi connectivity index (χ0v) is 13.0. The van der Waals surface area contributed by atoms with Crippen molar-refractivity contribution < 1.29 is 17.9 Å². The van der Waals surface area contributed by atoms with E-state index in [9.17, 15) is 13.2 Å². The SMILES string of the molecule is COc1ccc(CC(=O)N2CCC(C)C2)cc1S(N)(=O)=O. The van der Waals surface area contributed by atoms with Crippen LogP contribution in [0, 0.1) is 5.92 Å². The first-order valence-corrected chi connectivity index (χ1v) is 8.33. The third kappa shape index (κ3) is 3.74. The second-order valence-electron chi connectivity index (χ2n) is 5.44. The first-order chi connectivity index (χ1) is 9.81. The molecule has 6 nitrogen and oxygen atoms in total. The van der Waals surface area contributed by atoms with E-state index >= 15 is 0 Å². The van der Waals surface area contributed by atoms with Crippen LogP contribution >= 0.6 is 0 Å². The monoisotopic (exact) mass is 312 g/mol. The molecule has 1 aliphatic heterocycles. The molecule has 0 radical (unpaired) electrons. The van der Waals surface area contributed by atoms with Crippen molar-refractivity contribution in [2.24, 2.45) is 11.1 Å². The number of nitrogens with zero attached hydrogens (tertiary/aromatic N) is 1. The van der Waals surface area contributed by atoms with Gasteiger partial charge in [0, 0.05) is 13.1 Å². The number of nitrogens with two attached hydrogens (primary N) is 1. The van der Waals surface area contributed by atoms with Crippen molar-refractivity contribution >= 4 is 15.9 Å². The molecule has 7 heteroatoms. The van der Waals surface area contributed by atoms with Crippen molar-refractivity contribution in [1.29, 1.82) is 0 Å². The maximum atomic E-state index is 12.2. The molecule has 1 atom stereocenters. The summed E-state index contributed by atoms with van der Waals surface area (Å²) in [5.74, 6) is 0.707. The van der Waals surface area contributed by atoms with Crippen LogP contribution in [0.4, 0.5) is 0 Å². The summed E-state index contributed by atoms with van der Waals surface area (Å²) in [5, 5.41) is 5.17. The van der Waals surface area contributed by atoms with Crippen molar-refractivity contribution in [2.75, 3.05) is 20.2 Å². The van der Waals surface area contributed by atoms with Gasteiger partial charge in [0.2, 0.25) is 15.9 Å². The molecule has 1 amide bonds. The third-order valence-electron chi connectivity index (χ3n) is 3.67. The fourth-order valence-corrected chi connectivity index (χ4v) is 3.25. The Labute approximate surface area is 124 Å². The van der Waals surface area contributed by atoms with E-state index in [1.54, 1.807) is 6.07 Å². The Morgan fingerprint density at radius 3 is 2.71 bits per heavy atom. The fraction of sp³-hybridized carbons (Fsp3) is 0.500. The maximum absolute atomic E-state index is 12.2. The quantitative estimate of drug-likeness (QED) is 0.888. The van der Waals surface area contributed by atoms with Crippen LogP contribution < -0.4 is 9.88 Å². The largest absolute Gasteiger partial charge is 0.495 e. The number of methoxy groups -OCH3 is 1. The molecule has 2 rings (SSSR count). The lowest BCUT2D eigenvalue weighted by atomic mass is 10.1. The lowest BCUT2D eigenvalue weighted by Gasteiger charge is -2.16. The van der Waals surface area contributed by atoms with Gasteiger partial charge in [-0.3, -0.25) is 4.79 Å². The van der Waals surface area contributed by atoms with E-state index in [0.29, 0.717) is 11.5 Å². The van der Waals surface area contributed by atoms with E-state index in [-0.39, 0.29) is 23.0 Å². The van der Waals surface area contributed by atoms with Gasteiger partial charge >= 0.3 is 0 Å². The molecule has 0 bridgehead atoms. The van der Waals surface area contributed by atoms with E-state index in [1.165, 1.54) is 19.2 Å². The molecule has 1 aliphatic rings. The van der Waals surface area contributed by atoms with Crippen LogP contribution in [0.25, 0.3) is 0 Å². The Kier molecular flexibility index (Phi) is 4.53. The highest BCUT2D eigenvalue weighted by molar-refractivity contribution is 7.89. The fourth-order valence-electron chi connectivity index (χ4n) is 2.50. The van der Waals surface area contributed by atoms with Gasteiger partial charge < -0.3 is 9.64 Å². The Morgan fingerprint density at radius 2 is 2.19 bits per heavy atom. The summed E-state index contributed by atoms with van der Waals surface area (Å²) in [6, 6.07) is 4.62. The zero-order valence-electron chi connectivity index (χ0n) is 12.2. The molecule has 1 aromatic carbocycles. The summed E-state index contributed by atoms with van der Waals surface area (Å²) in [4.78, 5) is 13.9. The van der Waals surface area contributed by atoms with Gasteiger partial charge in [-0.25, -0.2) is 13.6 Å². The predicted molar refractivity (Wildman–Crippen MR) is 78.4 cm³/mol. The van der Waals surface area contributed by atoms with E-state index in [0.717, 1.165) is 19.5 Å². The van der Waals surface area contributed by atoms with Gasteiger partial charge in [-0.2, -0.15) is 0 Å². The lowest BCUT2D eigenvalue weighted by molar-refractivity contribution is -0.129. The summed E-state index contributed by atoms with van der Waals surface area (Å²) >= 11 is 0. The molecule has 0 spiro atoms. The number of amides is 1. The molecule has 21 heavy (non-hydrogen) atoms. The molecule has 1 saturated heterocycles. The number of ether oxygens (including phenoxy) is 1. The van der Waals surface area contributed by atoms with Gasteiger partial charge in [0.15, 0.2) is 0 Å². The molecule has 1 heterocycles. The highest BCUT2D eigenvalue weighted by atomic mass is 32.2. The minimum absolute atomic E-state index is 0.00452. The second-order valence-corrected chi connectivity index (χ2v) is 6.97. The second kappa shape index (κ2) is 6.03. The summed E-state index contributed by atoms with van der Waals surface area (Å²) in [7, 11) is -2.51. The third-order valence-corrected chi connectivity index (χ3v) is 4.60. The number of hydrogen-bond acceptors (Lipinski definition) is 4. The number of benzene rings is 1. The van der Waals surface area contributed by atoms with E-state index in [4.69, 9.17) is 9.88 Å². The van der Waals surface area contributed by atoms with E-state index in [2.05, 4.69) is 6.92 Å². The minimum atomic E-state index is -3.88. The van der Waals surface area contributed by atoms with Crippen LogP contribution in [0.5, 0.6) is 5.75 Å². The maximum Gasteiger partial charge on any atom is 0.241 e. The molecule has 116 valence electrons. The Bertz CT molecular complexity index is 642. The molecule has 0 saturated carbocycles. The highest BCUT2D eigenvalue weighted by Gasteiger charge is 2.24. The minimum Gasteiger partial charge on any atom is -0.495 e. The molecule has 1 unspecified atom stereocenters. The standard InChI is InChI=1S/C14H20N2O4S/c1-10-5-6-16(9-10)14(17)8-11-3-4-12(20-2)13(7-11)21(15,18)19/h3-4,7,10H,5-6,8-9H2,1-2H3,(H2,15,18,19). The predicted octanol–water partition coefficient (Wildman–Crippen LogP) is 0.754. The Morgan fingerprint density at radius 1 is 1.48 bits per heavy atom. The summed E-state index contributed by atoms with van der Waals surface area (Å²) < 4.78 is 28.1. The molecule has 1 aromatic rings. The molecule has 2 N–H and O–H groups in total. The number of likely N-dealkylation sites (tertiary alicyclic amines) is 1. The van der Waals surface area contributed by atoms with Crippen LogP contribution in [-0.4, -0.2) is 39.4 Å². The normalized spacial score (nSPS) is 18.8. The summed E-state index contributed by atoms with van der Waals surface area (Å²) in [5.41, 5.74) is 0.615. The molecular formula is C14H20N2O4S. The van der Waals surface area contributed by atoms with Crippen molar-refractivity contribution in [3.05, 3.63) is 23.8 Å². The van der Waals surface area contributed by atoms with E-state index < -0.39 is 10.0 Å². The van der Waals surface area contributed by atoms with Crippen LogP contribution in [0.2, 0.25) is 0 Å². The average molecular weight is 312 g/mol.